The van der Waals surface area contributed by atoms with E-state index in [1.165, 1.54) is 0 Å². The highest BCUT2D eigenvalue weighted by Gasteiger charge is 2.55. The summed E-state index contributed by atoms with van der Waals surface area (Å²) in [7, 11) is 0. The van der Waals surface area contributed by atoms with Crippen molar-refractivity contribution >= 4 is 5.97 Å². The summed E-state index contributed by atoms with van der Waals surface area (Å²) in [5.41, 5.74) is 0.739. The predicted octanol–water partition coefficient (Wildman–Crippen LogP) is 1.17. The summed E-state index contributed by atoms with van der Waals surface area (Å²) in [6.45, 7) is 4.20. The molecule has 2 aliphatic rings. The summed E-state index contributed by atoms with van der Waals surface area (Å²) >= 11 is 0. The third-order valence-corrected chi connectivity index (χ3v) is 4.04. The number of nitrogens with one attached hydrogen (secondary N) is 1. The van der Waals surface area contributed by atoms with Gasteiger partial charge in [-0.3, -0.25) is 9.69 Å². The average Bonchev–Trinajstić information content (AvgIpc) is 3.28. The number of carbonyl (C=O) groups excluding carboxylic acids is 1. The maximum Gasteiger partial charge on any atom is 0.326 e. The highest BCUT2D eigenvalue weighted by atomic mass is 16.5. The standard InChI is InChI=1S/C15H20N2O2/c18-14(19-12-13-4-2-1-3-5-13)15(6-7-15)17-10-8-16-9-11-17/h1-5,16H,6-12H2. The fourth-order valence-electron chi connectivity index (χ4n) is 2.72. The monoisotopic (exact) mass is 260 g/mol. The molecule has 2 fully saturated rings. The van der Waals surface area contributed by atoms with Gasteiger partial charge >= 0.3 is 5.97 Å². The fourth-order valence-corrected chi connectivity index (χ4v) is 2.72. The van der Waals surface area contributed by atoms with E-state index in [1.807, 2.05) is 30.3 Å². The Labute approximate surface area is 113 Å². The Hall–Kier alpha value is -1.39. The van der Waals surface area contributed by atoms with Crippen LogP contribution in [0.5, 0.6) is 0 Å². The van der Waals surface area contributed by atoms with Crippen LogP contribution < -0.4 is 5.32 Å². The maximum absolute atomic E-state index is 12.3. The van der Waals surface area contributed by atoms with E-state index >= 15 is 0 Å². The molecule has 0 bridgehead atoms. The van der Waals surface area contributed by atoms with Crippen molar-refractivity contribution in [3.8, 4) is 0 Å². The molecule has 1 aliphatic carbocycles. The van der Waals surface area contributed by atoms with Gasteiger partial charge in [0.15, 0.2) is 0 Å². The highest BCUT2D eigenvalue weighted by molar-refractivity contribution is 5.84. The van der Waals surface area contributed by atoms with Gasteiger partial charge < -0.3 is 10.1 Å². The van der Waals surface area contributed by atoms with E-state index in [1.54, 1.807) is 0 Å². The maximum atomic E-state index is 12.3. The molecule has 0 radical (unpaired) electrons. The van der Waals surface area contributed by atoms with Gasteiger partial charge in [-0.2, -0.15) is 0 Å². The smallest absolute Gasteiger partial charge is 0.326 e. The SMILES string of the molecule is O=C(OCc1ccccc1)C1(N2CCNCC2)CC1. The Morgan fingerprint density at radius 2 is 1.89 bits per heavy atom. The first-order valence-electron chi connectivity index (χ1n) is 6.98. The van der Waals surface area contributed by atoms with E-state index in [2.05, 4.69) is 10.2 Å². The van der Waals surface area contributed by atoms with Crippen molar-refractivity contribution in [2.75, 3.05) is 26.2 Å². The van der Waals surface area contributed by atoms with Crippen LogP contribution in [0, 0.1) is 0 Å². The number of hydrogen-bond acceptors (Lipinski definition) is 4. The number of benzene rings is 1. The minimum atomic E-state index is -0.309. The van der Waals surface area contributed by atoms with Crippen molar-refractivity contribution < 1.29 is 9.53 Å². The molecule has 1 aliphatic heterocycles. The number of hydrogen-bond donors (Lipinski definition) is 1. The Kier molecular flexibility index (Phi) is 3.53. The van der Waals surface area contributed by atoms with E-state index in [4.69, 9.17) is 4.74 Å². The Morgan fingerprint density at radius 3 is 2.53 bits per heavy atom. The summed E-state index contributed by atoms with van der Waals surface area (Å²) in [4.78, 5) is 14.6. The Balaban J connectivity index is 1.58. The molecule has 1 N–H and O–H groups in total. The fraction of sp³-hybridized carbons (Fsp3) is 0.533. The molecule has 1 aromatic rings. The quantitative estimate of drug-likeness (QED) is 0.825. The van der Waals surface area contributed by atoms with Crippen LogP contribution in [0.2, 0.25) is 0 Å². The number of carbonyl (C=O) groups is 1. The number of esters is 1. The van der Waals surface area contributed by atoms with Crippen molar-refractivity contribution in [3.05, 3.63) is 35.9 Å². The molecule has 1 heterocycles. The second kappa shape index (κ2) is 5.31. The van der Waals surface area contributed by atoms with E-state index in [9.17, 15) is 4.79 Å². The number of ether oxygens (including phenoxy) is 1. The van der Waals surface area contributed by atoms with E-state index in [-0.39, 0.29) is 11.5 Å². The van der Waals surface area contributed by atoms with Gasteiger partial charge in [0, 0.05) is 26.2 Å². The van der Waals surface area contributed by atoms with Crippen LogP contribution >= 0.6 is 0 Å². The van der Waals surface area contributed by atoms with Crippen molar-refractivity contribution in [1.29, 1.82) is 0 Å². The first kappa shape index (κ1) is 12.6. The third-order valence-electron chi connectivity index (χ3n) is 4.04. The lowest BCUT2D eigenvalue weighted by Crippen LogP contribution is -2.53. The van der Waals surface area contributed by atoms with Crippen LogP contribution in [-0.2, 0) is 16.1 Å². The largest absolute Gasteiger partial charge is 0.459 e. The molecule has 4 nitrogen and oxygen atoms in total. The molecule has 0 spiro atoms. The molecule has 0 aromatic heterocycles. The van der Waals surface area contributed by atoms with Gasteiger partial charge in [-0.05, 0) is 18.4 Å². The van der Waals surface area contributed by atoms with E-state index < -0.39 is 0 Å². The predicted molar refractivity (Wildman–Crippen MR) is 72.6 cm³/mol. The Bertz CT molecular complexity index is 437. The van der Waals surface area contributed by atoms with Crippen molar-refractivity contribution in [1.82, 2.24) is 10.2 Å². The highest BCUT2D eigenvalue weighted by Crippen LogP contribution is 2.43. The van der Waals surface area contributed by atoms with Gasteiger partial charge in [-0.15, -0.1) is 0 Å². The van der Waals surface area contributed by atoms with Gasteiger partial charge in [0.2, 0.25) is 0 Å². The Morgan fingerprint density at radius 1 is 1.21 bits per heavy atom. The first-order chi connectivity index (χ1) is 9.31. The van der Waals surface area contributed by atoms with Crippen molar-refractivity contribution in [3.63, 3.8) is 0 Å². The van der Waals surface area contributed by atoms with Gasteiger partial charge in [0.1, 0.15) is 12.1 Å². The van der Waals surface area contributed by atoms with E-state index in [0.717, 1.165) is 44.6 Å². The zero-order chi connectivity index (χ0) is 13.1. The van der Waals surface area contributed by atoms with Crippen molar-refractivity contribution in [2.24, 2.45) is 0 Å². The first-order valence-corrected chi connectivity index (χ1v) is 6.98. The molecule has 102 valence electrons. The van der Waals surface area contributed by atoms with Crippen LogP contribution in [0.3, 0.4) is 0 Å². The molecule has 0 amide bonds. The zero-order valence-corrected chi connectivity index (χ0v) is 11.1. The van der Waals surface area contributed by atoms with Crippen LogP contribution in [0.25, 0.3) is 0 Å². The lowest BCUT2D eigenvalue weighted by atomic mass is 10.2. The van der Waals surface area contributed by atoms with Crippen molar-refractivity contribution in [2.45, 2.75) is 25.0 Å². The third kappa shape index (κ3) is 2.65. The summed E-state index contributed by atoms with van der Waals surface area (Å²) in [5.74, 6) is -0.0433. The number of rotatable bonds is 4. The number of nitrogens with zero attached hydrogens (tertiary/aromatic N) is 1. The lowest BCUT2D eigenvalue weighted by molar-refractivity contribution is -0.153. The molecule has 0 atom stereocenters. The molecule has 19 heavy (non-hydrogen) atoms. The van der Waals surface area contributed by atoms with Crippen LogP contribution in [0.15, 0.2) is 30.3 Å². The molecular formula is C15H20N2O2. The lowest BCUT2D eigenvalue weighted by Gasteiger charge is -2.33. The molecule has 1 aromatic carbocycles. The molecule has 3 rings (SSSR count). The van der Waals surface area contributed by atoms with Gasteiger partial charge in [-0.25, -0.2) is 0 Å². The van der Waals surface area contributed by atoms with Gasteiger partial charge in [0.05, 0.1) is 0 Å². The second-order valence-electron chi connectivity index (χ2n) is 5.33. The number of piperazine rings is 1. The molecular weight excluding hydrogens is 240 g/mol. The average molecular weight is 260 g/mol. The molecule has 1 saturated heterocycles. The summed E-state index contributed by atoms with van der Waals surface area (Å²) in [5, 5.41) is 3.32. The summed E-state index contributed by atoms with van der Waals surface area (Å²) in [6, 6.07) is 9.86. The zero-order valence-electron chi connectivity index (χ0n) is 11.1. The topological polar surface area (TPSA) is 41.6 Å². The van der Waals surface area contributed by atoms with Crippen LogP contribution in [0.4, 0.5) is 0 Å². The van der Waals surface area contributed by atoms with Gasteiger partial charge in [-0.1, -0.05) is 30.3 Å². The van der Waals surface area contributed by atoms with Gasteiger partial charge in [0.25, 0.3) is 0 Å². The van der Waals surface area contributed by atoms with Crippen LogP contribution in [0.1, 0.15) is 18.4 Å². The normalized spacial score (nSPS) is 21.9. The molecule has 4 heteroatoms. The molecule has 0 unspecified atom stereocenters. The minimum Gasteiger partial charge on any atom is -0.459 e. The van der Waals surface area contributed by atoms with E-state index in [0.29, 0.717) is 6.61 Å². The molecule has 1 saturated carbocycles. The summed E-state index contributed by atoms with van der Waals surface area (Å²) in [6.07, 6.45) is 1.89. The second-order valence-corrected chi connectivity index (χ2v) is 5.33. The summed E-state index contributed by atoms with van der Waals surface area (Å²) < 4.78 is 5.51. The minimum absolute atomic E-state index is 0.0433. The van der Waals surface area contributed by atoms with Crippen LogP contribution in [-0.4, -0.2) is 42.6 Å².